The average molecular weight is 348 g/mol. The lowest BCUT2D eigenvalue weighted by Gasteiger charge is -2.32. The Morgan fingerprint density at radius 3 is 2.75 bits per heavy atom. The van der Waals surface area contributed by atoms with E-state index in [0.717, 1.165) is 38.2 Å². The molecule has 0 spiro atoms. The molecule has 0 amide bonds. The monoisotopic (exact) mass is 348 g/mol. The number of imidazole rings is 1. The number of likely N-dealkylation sites (tertiary alicyclic amines) is 1. The van der Waals surface area contributed by atoms with Gasteiger partial charge in [-0.2, -0.15) is 0 Å². The zero-order valence-corrected chi connectivity index (χ0v) is 14.7. The molecule has 130 valence electrons. The molecule has 6 nitrogen and oxygen atoms in total. The van der Waals surface area contributed by atoms with Gasteiger partial charge in [-0.25, -0.2) is 18.1 Å². The first-order valence-corrected chi connectivity index (χ1v) is 10.1. The molecule has 7 heteroatoms. The minimum atomic E-state index is -3.10. The Morgan fingerprint density at radius 1 is 1.29 bits per heavy atom. The van der Waals surface area contributed by atoms with E-state index in [4.69, 9.17) is 0 Å². The van der Waals surface area contributed by atoms with Crippen LogP contribution >= 0.6 is 0 Å². The zero-order valence-electron chi connectivity index (χ0n) is 13.9. The number of rotatable bonds is 6. The minimum Gasteiger partial charge on any atom is -0.306 e. The quantitative estimate of drug-likeness (QED) is 0.862. The maximum absolute atomic E-state index is 11.2. The van der Waals surface area contributed by atoms with Gasteiger partial charge in [-0.05, 0) is 43.0 Å². The van der Waals surface area contributed by atoms with Crippen LogP contribution in [0.2, 0.25) is 0 Å². The molecule has 1 saturated heterocycles. The van der Waals surface area contributed by atoms with E-state index in [1.165, 1.54) is 11.8 Å². The molecule has 0 aliphatic carbocycles. The summed E-state index contributed by atoms with van der Waals surface area (Å²) >= 11 is 0. The minimum absolute atomic E-state index is 0.388. The Morgan fingerprint density at radius 2 is 2.08 bits per heavy atom. The second-order valence-electron chi connectivity index (χ2n) is 6.50. The van der Waals surface area contributed by atoms with E-state index >= 15 is 0 Å². The van der Waals surface area contributed by atoms with Crippen molar-refractivity contribution in [2.45, 2.75) is 19.4 Å². The van der Waals surface area contributed by atoms with Crippen LogP contribution in [-0.2, 0) is 16.6 Å². The van der Waals surface area contributed by atoms with E-state index in [0.29, 0.717) is 12.5 Å². The molecule has 0 radical (unpaired) electrons. The summed E-state index contributed by atoms with van der Waals surface area (Å²) in [5.74, 6) is 0.388. The first kappa shape index (κ1) is 17.1. The van der Waals surface area contributed by atoms with Crippen molar-refractivity contribution in [3.63, 3.8) is 0 Å². The number of nitrogens with one attached hydrogen (secondary N) is 1. The number of nitrogens with zero attached hydrogens (tertiary/aromatic N) is 3. The van der Waals surface area contributed by atoms with Crippen LogP contribution in [0.4, 0.5) is 0 Å². The van der Waals surface area contributed by atoms with Crippen molar-refractivity contribution in [1.29, 1.82) is 0 Å². The van der Waals surface area contributed by atoms with Gasteiger partial charge in [0.05, 0.1) is 12.6 Å². The zero-order chi connectivity index (χ0) is 17.0. The lowest BCUT2D eigenvalue weighted by Crippen LogP contribution is -2.40. The van der Waals surface area contributed by atoms with Crippen LogP contribution in [0.1, 0.15) is 18.4 Å². The summed E-state index contributed by atoms with van der Waals surface area (Å²) in [6.07, 6.45) is 8.90. The first-order chi connectivity index (χ1) is 11.5. The third-order valence-electron chi connectivity index (χ3n) is 4.38. The van der Waals surface area contributed by atoms with Crippen LogP contribution in [0.25, 0.3) is 5.69 Å². The number of sulfonamides is 1. The summed E-state index contributed by atoms with van der Waals surface area (Å²) in [5, 5.41) is 0. The van der Waals surface area contributed by atoms with Crippen molar-refractivity contribution in [2.75, 3.05) is 25.9 Å². The highest BCUT2D eigenvalue weighted by atomic mass is 32.2. The number of hydrogen-bond acceptors (Lipinski definition) is 4. The van der Waals surface area contributed by atoms with Crippen molar-refractivity contribution in [3.8, 4) is 5.69 Å². The molecule has 1 aromatic heterocycles. The van der Waals surface area contributed by atoms with Crippen molar-refractivity contribution in [1.82, 2.24) is 19.2 Å². The lowest BCUT2D eigenvalue weighted by molar-refractivity contribution is 0.169. The Hall–Kier alpha value is -1.70. The molecular formula is C17H24N4O2S. The van der Waals surface area contributed by atoms with Crippen molar-refractivity contribution >= 4 is 10.0 Å². The standard InChI is InChI=1S/C17H24N4O2S/c1-24(22,23)19-11-16-3-2-9-20(13-16)12-15-4-6-17(7-5-15)21-10-8-18-14-21/h4-8,10,14,16,19H,2-3,9,11-13H2,1H3. The third-order valence-corrected chi connectivity index (χ3v) is 5.07. The summed E-state index contributed by atoms with van der Waals surface area (Å²) in [6, 6.07) is 8.49. The molecule has 1 aliphatic heterocycles. The lowest BCUT2D eigenvalue weighted by atomic mass is 9.98. The van der Waals surface area contributed by atoms with Gasteiger partial charge in [-0.1, -0.05) is 12.1 Å². The topological polar surface area (TPSA) is 67.2 Å². The summed E-state index contributed by atoms with van der Waals surface area (Å²) in [6.45, 7) is 3.44. The fourth-order valence-electron chi connectivity index (χ4n) is 3.17. The second-order valence-corrected chi connectivity index (χ2v) is 8.33. The van der Waals surface area contributed by atoms with E-state index in [9.17, 15) is 8.42 Å². The van der Waals surface area contributed by atoms with Gasteiger partial charge in [-0.3, -0.25) is 4.90 Å². The normalized spacial score (nSPS) is 19.5. The molecule has 0 bridgehead atoms. The number of piperidine rings is 1. The number of hydrogen-bond donors (Lipinski definition) is 1. The van der Waals surface area contributed by atoms with Crippen LogP contribution < -0.4 is 4.72 Å². The van der Waals surface area contributed by atoms with Crippen LogP contribution in [0.5, 0.6) is 0 Å². The van der Waals surface area contributed by atoms with Crippen molar-refractivity contribution < 1.29 is 8.42 Å². The highest BCUT2D eigenvalue weighted by molar-refractivity contribution is 7.88. The van der Waals surface area contributed by atoms with Crippen molar-refractivity contribution in [3.05, 3.63) is 48.5 Å². The van der Waals surface area contributed by atoms with E-state index < -0.39 is 10.0 Å². The molecule has 2 aromatic rings. The van der Waals surface area contributed by atoms with Gasteiger partial charge in [0.25, 0.3) is 0 Å². The van der Waals surface area contributed by atoms with E-state index in [-0.39, 0.29) is 0 Å². The second kappa shape index (κ2) is 7.46. The molecule has 1 atom stereocenters. The Kier molecular flexibility index (Phi) is 5.33. The van der Waals surface area contributed by atoms with E-state index in [1.807, 2.05) is 10.8 Å². The van der Waals surface area contributed by atoms with Gasteiger partial charge >= 0.3 is 0 Å². The molecular weight excluding hydrogens is 324 g/mol. The highest BCUT2D eigenvalue weighted by Gasteiger charge is 2.20. The van der Waals surface area contributed by atoms with E-state index in [2.05, 4.69) is 38.9 Å². The van der Waals surface area contributed by atoms with Gasteiger partial charge < -0.3 is 4.57 Å². The molecule has 1 aromatic carbocycles. The third kappa shape index (κ3) is 4.90. The average Bonchev–Trinajstić information content (AvgIpc) is 3.08. The summed E-state index contributed by atoms with van der Waals surface area (Å²) < 4.78 is 27.1. The molecule has 1 fully saturated rings. The smallest absolute Gasteiger partial charge is 0.208 e. The number of aromatic nitrogens is 2. The Bertz CT molecular complexity index is 741. The summed E-state index contributed by atoms with van der Waals surface area (Å²) in [5.41, 5.74) is 2.38. The van der Waals surface area contributed by atoms with Gasteiger partial charge in [-0.15, -0.1) is 0 Å². The summed E-state index contributed by atoms with van der Waals surface area (Å²) in [4.78, 5) is 6.47. The molecule has 3 rings (SSSR count). The fraction of sp³-hybridized carbons (Fsp3) is 0.471. The van der Waals surface area contributed by atoms with Gasteiger partial charge in [0, 0.05) is 37.7 Å². The highest BCUT2D eigenvalue weighted by Crippen LogP contribution is 2.19. The number of benzene rings is 1. The van der Waals surface area contributed by atoms with Crippen molar-refractivity contribution in [2.24, 2.45) is 5.92 Å². The summed E-state index contributed by atoms with van der Waals surface area (Å²) in [7, 11) is -3.10. The predicted molar refractivity (Wildman–Crippen MR) is 94.4 cm³/mol. The van der Waals surface area contributed by atoms with Crippen LogP contribution in [-0.4, -0.2) is 48.8 Å². The maximum atomic E-state index is 11.2. The molecule has 24 heavy (non-hydrogen) atoms. The maximum Gasteiger partial charge on any atom is 0.208 e. The van der Waals surface area contributed by atoms with Crippen LogP contribution in [0.15, 0.2) is 43.0 Å². The molecule has 1 unspecified atom stereocenters. The fourth-order valence-corrected chi connectivity index (χ4v) is 3.71. The van der Waals surface area contributed by atoms with Crippen LogP contribution in [0, 0.1) is 5.92 Å². The van der Waals surface area contributed by atoms with Gasteiger partial charge in [0.2, 0.25) is 10.0 Å². The Labute approximate surface area is 143 Å². The molecule has 1 aliphatic rings. The Balaban J connectivity index is 1.55. The van der Waals surface area contributed by atoms with E-state index in [1.54, 1.807) is 12.5 Å². The molecule has 0 saturated carbocycles. The van der Waals surface area contributed by atoms with Gasteiger partial charge in [0.1, 0.15) is 0 Å². The SMILES string of the molecule is CS(=O)(=O)NCC1CCCN(Cc2ccc(-n3ccnc3)cc2)C1. The molecule has 2 heterocycles. The predicted octanol–water partition coefficient (Wildman–Crippen LogP) is 1.63. The first-order valence-electron chi connectivity index (χ1n) is 8.24. The van der Waals surface area contributed by atoms with Crippen LogP contribution in [0.3, 0.4) is 0 Å². The van der Waals surface area contributed by atoms with Gasteiger partial charge in [0.15, 0.2) is 0 Å². The largest absolute Gasteiger partial charge is 0.306 e. The molecule has 1 N–H and O–H groups in total.